The molecule has 1 heterocycles. The van der Waals surface area contributed by atoms with Gasteiger partial charge in [0.1, 0.15) is 16.5 Å². The van der Waals surface area contributed by atoms with Gasteiger partial charge in [-0.1, -0.05) is 41.9 Å². The lowest BCUT2D eigenvalue weighted by molar-refractivity contribution is 0.599. The molecule has 5 nitrogen and oxygen atoms in total. The van der Waals surface area contributed by atoms with Crippen LogP contribution in [0.15, 0.2) is 59.6 Å². The fourth-order valence-corrected chi connectivity index (χ4v) is 3.65. The molecule has 0 amide bonds. The third-order valence-electron chi connectivity index (χ3n) is 3.14. The molecule has 0 unspecified atom stereocenters. The minimum Gasteiger partial charge on any atom is -0.263 e. The first kappa shape index (κ1) is 15.5. The first-order chi connectivity index (χ1) is 11.0. The van der Waals surface area contributed by atoms with Gasteiger partial charge in [-0.05, 0) is 23.8 Å². The predicted octanol–water partition coefficient (Wildman–Crippen LogP) is 3.67. The number of aromatic nitrogens is 2. The van der Waals surface area contributed by atoms with Crippen molar-refractivity contribution in [2.45, 2.75) is 4.90 Å². The molecule has 0 aliphatic carbocycles. The van der Waals surface area contributed by atoms with E-state index in [1.807, 2.05) is 30.3 Å². The number of aromatic amines is 1. The summed E-state index contributed by atoms with van der Waals surface area (Å²) in [6.45, 7) is 0. The molecule has 0 aliphatic heterocycles. The van der Waals surface area contributed by atoms with E-state index in [1.165, 1.54) is 6.20 Å². The van der Waals surface area contributed by atoms with Crippen LogP contribution >= 0.6 is 11.6 Å². The SMILES string of the molecule is O=S(=O)(Nc1[nH]ncc1-c1ccccc1)c1ccc(F)cc1Cl. The zero-order valence-corrected chi connectivity index (χ0v) is 13.2. The molecule has 0 aliphatic rings. The fourth-order valence-electron chi connectivity index (χ4n) is 2.08. The lowest BCUT2D eigenvalue weighted by Gasteiger charge is -2.09. The summed E-state index contributed by atoms with van der Waals surface area (Å²) >= 11 is 5.83. The quantitative estimate of drug-likeness (QED) is 0.753. The fraction of sp³-hybridized carbons (Fsp3) is 0. The summed E-state index contributed by atoms with van der Waals surface area (Å²) in [6, 6.07) is 12.3. The number of sulfonamides is 1. The Morgan fingerprint density at radius 3 is 2.57 bits per heavy atom. The summed E-state index contributed by atoms with van der Waals surface area (Å²) < 4.78 is 40.4. The lowest BCUT2D eigenvalue weighted by Crippen LogP contribution is -2.14. The average Bonchev–Trinajstić information content (AvgIpc) is 2.95. The van der Waals surface area contributed by atoms with Crippen LogP contribution < -0.4 is 4.72 Å². The highest BCUT2D eigenvalue weighted by Crippen LogP contribution is 2.29. The summed E-state index contributed by atoms with van der Waals surface area (Å²) in [4.78, 5) is -0.214. The molecule has 8 heteroatoms. The minimum absolute atomic E-state index is 0.196. The molecule has 3 aromatic rings. The van der Waals surface area contributed by atoms with Crippen molar-refractivity contribution >= 4 is 27.4 Å². The Morgan fingerprint density at radius 2 is 1.87 bits per heavy atom. The van der Waals surface area contributed by atoms with Crippen LogP contribution in [-0.4, -0.2) is 18.6 Å². The van der Waals surface area contributed by atoms with E-state index in [4.69, 9.17) is 11.6 Å². The van der Waals surface area contributed by atoms with Gasteiger partial charge in [-0.15, -0.1) is 0 Å². The van der Waals surface area contributed by atoms with Crippen LogP contribution in [0.1, 0.15) is 0 Å². The number of H-pyrrole nitrogens is 1. The molecule has 0 fully saturated rings. The Labute approximate surface area is 137 Å². The third kappa shape index (κ3) is 3.20. The number of halogens is 2. The van der Waals surface area contributed by atoms with Crippen molar-refractivity contribution in [3.05, 3.63) is 65.6 Å². The van der Waals surface area contributed by atoms with E-state index >= 15 is 0 Å². The molecule has 3 rings (SSSR count). The molecule has 2 N–H and O–H groups in total. The van der Waals surface area contributed by atoms with Gasteiger partial charge in [-0.25, -0.2) is 12.8 Å². The second-order valence-electron chi connectivity index (χ2n) is 4.70. The summed E-state index contributed by atoms with van der Waals surface area (Å²) in [5.74, 6) is -0.406. The smallest absolute Gasteiger partial charge is 0.263 e. The van der Waals surface area contributed by atoms with Gasteiger partial charge < -0.3 is 0 Å². The van der Waals surface area contributed by atoms with Gasteiger partial charge in [-0.2, -0.15) is 5.10 Å². The molecule has 118 valence electrons. The molecule has 23 heavy (non-hydrogen) atoms. The van der Waals surface area contributed by atoms with E-state index in [0.717, 1.165) is 23.8 Å². The number of nitrogens with one attached hydrogen (secondary N) is 2. The Kier molecular flexibility index (Phi) is 4.06. The molecule has 0 spiro atoms. The van der Waals surface area contributed by atoms with Gasteiger partial charge in [0.05, 0.1) is 11.2 Å². The van der Waals surface area contributed by atoms with Crippen molar-refractivity contribution in [1.82, 2.24) is 10.2 Å². The van der Waals surface area contributed by atoms with E-state index in [2.05, 4.69) is 14.9 Å². The van der Waals surface area contributed by atoms with E-state index in [1.54, 1.807) is 0 Å². The van der Waals surface area contributed by atoms with Gasteiger partial charge in [0, 0.05) is 5.56 Å². The molecular weight excluding hydrogens is 341 g/mol. The molecule has 0 atom stereocenters. The van der Waals surface area contributed by atoms with Crippen LogP contribution in [0.2, 0.25) is 5.02 Å². The van der Waals surface area contributed by atoms with Gasteiger partial charge in [0.15, 0.2) is 0 Å². The number of anilines is 1. The van der Waals surface area contributed by atoms with Crippen LogP contribution in [0.3, 0.4) is 0 Å². The van der Waals surface area contributed by atoms with Gasteiger partial charge >= 0.3 is 0 Å². The lowest BCUT2D eigenvalue weighted by atomic mass is 10.1. The van der Waals surface area contributed by atoms with E-state index in [-0.39, 0.29) is 15.7 Å². The number of hydrogen-bond acceptors (Lipinski definition) is 3. The highest BCUT2D eigenvalue weighted by molar-refractivity contribution is 7.92. The maximum absolute atomic E-state index is 13.1. The normalized spacial score (nSPS) is 11.4. The molecule has 0 radical (unpaired) electrons. The van der Waals surface area contributed by atoms with E-state index in [0.29, 0.717) is 5.56 Å². The highest BCUT2D eigenvalue weighted by atomic mass is 35.5. The van der Waals surface area contributed by atoms with E-state index in [9.17, 15) is 12.8 Å². The van der Waals surface area contributed by atoms with Crippen molar-refractivity contribution < 1.29 is 12.8 Å². The monoisotopic (exact) mass is 351 g/mol. The number of hydrogen-bond donors (Lipinski definition) is 2. The Bertz CT molecular complexity index is 942. The van der Waals surface area contributed by atoms with Crippen LogP contribution in [0.4, 0.5) is 10.2 Å². The second-order valence-corrected chi connectivity index (χ2v) is 6.76. The minimum atomic E-state index is -3.98. The average molecular weight is 352 g/mol. The van der Waals surface area contributed by atoms with Crippen molar-refractivity contribution in [1.29, 1.82) is 0 Å². The second kappa shape index (κ2) is 6.02. The molecule has 0 saturated heterocycles. The van der Waals surface area contributed by atoms with Gasteiger partial charge in [0.2, 0.25) is 0 Å². The standard InChI is InChI=1S/C15H11ClFN3O2S/c16-13-8-11(17)6-7-14(13)23(21,22)20-15-12(9-18-19-15)10-4-2-1-3-5-10/h1-9H,(H2,18,19,20). The highest BCUT2D eigenvalue weighted by Gasteiger charge is 2.21. The van der Waals surface area contributed by atoms with Crippen molar-refractivity contribution in [2.75, 3.05) is 4.72 Å². The number of nitrogens with zero attached hydrogens (tertiary/aromatic N) is 1. The third-order valence-corrected chi connectivity index (χ3v) is 4.98. The molecular formula is C15H11ClFN3O2S. The van der Waals surface area contributed by atoms with Crippen molar-refractivity contribution in [2.24, 2.45) is 0 Å². The summed E-state index contributed by atoms with van der Waals surface area (Å²) in [5.41, 5.74) is 1.39. The van der Waals surface area contributed by atoms with Gasteiger partial charge in [-0.3, -0.25) is 9.82 Å². The van der Waals surface area contributed by atoms with Crippen molar-refractivity contribution in [3.63, 3.8) is 0 Å². The predicted molar refractivity (Wildman–Crippen MR) is 86.2 cm³/mol. The van der Waals surface area contributed by atoms with Crippen LogP contribution in [-0.2, 0) is 10.0 Å². The first-order valence-electron chi connectivity index (χ1n) is 6.54. The zero-order valence-electron chi connectivity index (χ0n) is 11.6. The summed E-state index contributed by atoms with van der Waals surface area (Å²) in [6.07, 6.45) is 1.51. The van der Waals surface area contributed by atoms with Crippen LogP contribution in [0.25, 0.3) is 11.1 Å². The topological polar surface area (TPSA) is 74.8 Å². The van der Waals surface area contributed by atoms with Crippen LogP contribution in [0.5, 0.6) is 0 Å². The molecule has 0 saturated carbocycles. The Hall–Kier alpha value is -2.38. The summed E-state index contributed by atoms with van der Waals surface area (Å²) in [5, 5.41) is 6.28. The molecule has 1 aromatic heterocycles. The summed E-state index contributed by atoms with van der Waals surface area (Å²) in [7, 11) is -3.98. The maximum Gasteiger partial charge on any atom is 0.264 e. The van der Waals surface area contributed by atoms with E-state index < -0.39 is 15.8 Å². The Morgan fingerprint density at radius 1 is 1.13 bits per heavy atom. The zero-order chi connectivity index (χ0) is 16.4. The largest absolute Gasteiger partial charge is 0.264 e. The number of benzene rings is 2. The van der Waals surface area contributed by atoms with Gasteiger partial charge in [0.25, 0.3) is 10.0 Å². The molecule has 2 aromatic carbocycles. The van der Waals surface area contributed by atoms with Crippen molar-refractivity contribution in [3.8, 4) is 11.1 Å². The Balaban J connectivity index is 1.98. The first-order valence-corrected chi connectivity index (χ1v) is 8.40. The molecule has 0 bridgehead atoms. The number of rotatable bonds is 4. The maximum atomic E-state index is 13.1. The van der Waals surface area contributed by atoms with Crippen LogP contribution in [0, 0.1) is 5.82 Å².